The number of carbonyl (C=O) groups is 1. The van der Waals surface area contributed by atoms with E-state index in [0.717, 1.165) is 24.0 Å². The zero-order valence-corrected chi connectivity index (χ0v) is 13.5. The summed E-state index contributed by atoms with van der Waals surface area (Å²) in [5.74, 6) is 0.557. The first kappa shape index (κ1) is 15.5. The average molecular weight is 310 g/mol. The van der Waals surface area contributed by atoms with Crippen molar-refractivity contribution in [3.05, 3.63) is 58.8 Å². The van der Waals surface area contributed by atoms with Crippen molar-refractivity contribution in [2.75, 3.05) is 6.61 Å². The second kappa shape index (κ2) is 7.27. The van der Waals surface area contributed by atoms with Gasteiger partial charge in [0.2, 0.25) is 5.88 Å². The Morgan fingerprint density at radius 2 is 2.00 bits per heavy atom. The van der Waals surface area contributed by atoms with E-state index in [1.54, 1.807) is 6.20 Å². The van der Waals surface area contributed by atoms with Crippen LogP contribution in [0.15, 0.2) is 36.5 Å². The first-order valence-electron chi connectivity index (χ1n) is 8.24. The van der Waals surface area contributed by atoms with Gasteiger partial charge in [0.25, 0.3) is 5.91 Å². The summed E-state index contributed by atoms with van der Waals surface area (Å²) in [7, 11) is 0. The van der Waals surface area contributed by atoms with Gasteiger partial charge in [0, 0.05) is 24.4 Å². The molecule has 4 nitrogen and oxygen atoms in total. The van der Waals surface area contributed by atoms with E-state index in [1.165, 1.54) is 24.0 Å². The minimum Gasteiger partial charge on any atom is -0.478 e. The minimum atomic E-state index is -0.0341. The van der Waals surface area contributed by atoms with Crippen LogP contribution in [0.4, 0.5) is 0 Å². The van der Waals surface area contributed by atoms with Crippen molar-refractivity contribution < 1.29 is 9.53 Å². The van der Waals surface area contributed by atoms with Gasteiger partial charge in [0.05, 0.1) is 6.61 Å². The van der Waals surface area contributed by atoms with Crippen LogP contribution < -0.4 is 10.1 Å². The molecule has 1 heterocycles. The van der Waals surface area contributed by atoms with Gasteiger partial charge in [-0.3, -0.25) is 4.79 Å². The summed E-state index contributed by atoms with van der Waals surface area (Å²) < 4.78 is 5.38. The number of hydrogen-bond donors (Lipinski definition) is 1. The molecule has 0 unspecified atom stereocenters. The normalized spacial score (nSPS) is 13.3. The van der Waals surface area contributed by atoms with E-state index in [9.17, 15) is 4.79 Å². The molecule has 120 valence electrons. The Kier molecular flexibility index (Phi) is 4.91. The van der Waals surface area contributed by atoms with Crippen LogP contribution in [0.25, 0.3) is 0 Å². The molecule has 1 aromatic heterocycles. The lowest BCUT2D eigenvalue weighted by Crippen LogP contribution is -2.23. The van der Waals surface area contributed by atoms with Gasteiger partial charge >= 0.3 is 0 Å². The smallest absolute Gasteiger partial charge is 0.251 e. The van der Waals surface area contributed by atoms with Crippen molar-refractivity contribution in [3.63, 3.8) is 0 Å². The summed E-state index contributed by atoms with van der Waals surface area (Å²) in [4.78, 5) is 16.5. The predicted molar refractivity (Wildman–Crippen MR) is 89.7 cm³/mol. The first-order valence-corrected chi connectivity index (χ1v) is 8.24. The van der Waals surface area contributed by atoms with Crippen LogP contribution in [-0.2, 0) is 19.4 Å². The molecule has 0 atom stereocenters. The van der Waals surface area contributed by atoms with E-state index >= 15 is 0 Å². The lowest BCUT2D eigenvalue weighted by Gasteiger charge is -2.16. The topological polar surface area (TPSA) is 51.2 Å². The van der Waals surface area contributed by atoms with Gasteiger partial charge < -0.3 is 10.1 Å². The second-order valence-electron chi connectivity index (χ2n) is 5.81. The Balaban J connectivity index is 1.64. The molecular weight excluding hydrogens is 288 g/mol. The Labute approximate surface area is 136 Å². The molecule has 3 rings (SSSR count). The molecule has 1 aliphatic rings. The number of hydrogen-bond acceptors (Lipinski definition) is 3. The molecule has 0 saturated carbocycles. The summed E-state index contributed by atoms with van der Waals surface area (Å²) in [6.45, 7) is 2.97. The van der Waals surface area contributed by atoms with Gasteiger partial charge in [-0.25, -0.2) is 4.98 Å². The SMILES string of the molecule is CCOc1cc(CNC(=O)c2ccc3c(c2)CCCC3)ccn1. The molecule has 1 amide bonds. The number of aromatic nitrogens is 1. The summed E-state index contributed by atoms with van der Waals surface area (Å²) in [6, 6.07) is 9.81. The molecule has 4 heteroatoms. The standard InChI is InChI=1S/C19H22N2O2/c1-2-23-18-11-14(9-10-20-18)13-21-19(22)17-8-7-15-5-3-4-6-16(15)12-17/h7-12H,2-6,13H2,1H3,(H,21,22). The van der Waals surface area contributed by atoms with Gasteiger partial charge in [-0.1, -0.05) is 6.07 Å². The Morgan fingerprint density at radius 1 is 1.17 bits per heavy atom. The highest BCUT2D eigenvalue weighted by Crippen LogP contribution is 2.22. The Morgan fingerprint density at radius 3 is 2.83 bits per heavy atom. The number of aryl methyl sites for hydroxylation is 2. The quantitative estimate of drug-likeness (QED) is 0.922. The lowest BCUT2D eigenvalue weighted by molar-refractivity contribution is 0.0950. The minimum absolute atomic E-state index is 0.0341. The Hall–Kier alpha value is -2.36. The molecular formula is C19H22N2O2. The number of rotatable bonds is 5. The fourth-order valence-electron chi connectivity index (χ4n) is 2.95. The fraction of sp³-hybridized carbons (Fsp3) is 0.368. The predicted octanol–water partition coefficient (Wildman–Crippen LogP) is 3.29. The first-order chi connectivity index (χ1) is 11.3. The van der Waals surface area contributed by atoms with E-state index in [-0.39, 0.29) is 5.91 Å². The van der Waals surface area contributed by atoms with Crippen LogP contribution in [0.5, 0.6) is 5.88 Å². The van der Waals surface area contributed by atoms with Crippen LogP contribution in [-0.4, -0.2) is 17.5 Å². The summed E-state index contributed by atoms with van der Waals surface area (Å²) in [6.07, 6.45) is 6.39. The molecule has 1 N–H and O–H groups in total. The van der Waals surface area contributed by atoms with Crippen LogP contribution in [0, 0.1) is 0 Å². The highest BCUT2D eigenvalue weighted by molar-refractivity contribution is 5.94. The number of benzene rings is 1. The van der Waals surface area contributed by atoms with Gasteiger partial charge in [-0.15, -0.1) is 0 Å². The third kappa shape index (κ3) is 3.89. The molecule has 1 aromatic carbocycles. The largest absolute Gasteiger partial charge is 0.478 e. The van der Waals surface area contributed by atoms with Crippen molar-refractivity contribution in [2.45, 2.75) is 39.2 Å². The number of nitrogens with one attached hydrogen (secondary N) is 1. The molecule has 0 bridgehead atoms. The number of pyridine rings is 1. The van der Waals surface area contributed by atoms with Crippen LogP contribution in [0.2, 0.25) is 0 Å². The summed E-state index contributed by atoms with van der Waals surface area (Å²) in [5.41, 5.74) is 4.44. The lowest BCUT2D eigenvalue weighted by atomic mass is 9.90. The third-order valence-electron chi connectivity index (χ3n) is 4.16. The molecule has 0 fully saturated rings. The second-order valence-corrected chi connectivity index (χ2v) is 5.81. The molecule has 0 saturated heterocycles. The maximum absolute atomic E-state index is 12.4. The van der Waals surface area contributed by atoms with E-state index in [4.69, 9.17) is 4.74 Å². The van der Waals surface area contributed by atoms with Crippen molar-refractivity contribution in [1.82, 2.24) is 10.3 Å². The zero-order valence-electron chi connectivity index (χ0n) is 13.5. The fourth-order valence-corrected chi connectivity index (χ4v) is 2.95. The van der Waals surface area contributed by atoms with Crippen molar-refractivity contribution in [2.24, 2.45) is 0 Å². The van der Waals surface area contributed by atoms with Crippen LogP contribution >= 0.6 is 0 Å². The highest BCUT2D eigenvalue weighted by Gasteiger charge is 2.12. The molecule has 0 aliphatic heterocycles. The molecule has 23 heavy (non-hydrogen) atoms. The maximum atomic E-state index is 12.4. The van der Waals surface area contributed by atoms with Crippen molar-refractivity contribution in [1.29, 1.82) is 0 Å². The number of ether oxygens (including phenoxy) is 1. The van der Waals surface area contributed by atoms with Crippen molar-refractivity contribution in [3.8, 4) is 5.88 Å². The van der Waals surface area contributed by atoms with Gasteiger partial charge in [0.1, 0.15) is 0 Å². The molecule has 0 spiro atoms. The number of nitrogens with zero attached hydrogens (tertiary/aromatic N) is 1. The van der Waals surface area contributed by atoms with Gasteiger partial charge in [-0.05, 0) is 67.5 Å². The van der Waals surface area contributed by atoms with E-state index < -0.39 is 0 Å². The Bertz CT molecular complexity index is 698. The van der Waals surface area contributed by atoms with E-state index in [2.05, 4.69) is 16.4 Å². The monoisotopic (exact) mass is 310 g/mol. The van der Waals surface area contributed by atoms with Crippen LogP contribution in [0.1, 0.15) is 46.8 Å². The number of fused-ring (bicyclic) bond motifs is 1. The van der Waals surface area contributed by atoms with E-state index in [1.807, 2.05) is 31.2 Å². The molecule has 1 aliphatic carbocycles. The zero-order chi connectivity index (χ0) is 16.1. The van der Waals surface area contributed by atoms with E-state index in [0.29, 0.717) is 19.0 Å². The average Bonchev–Trinajstić information content (AvgIpc) is 2.60. The molecule has 2 aromatic rings. The summed E-state index contributed by atoms with van der Waals surface area (Å²) in [5, 5.41) is 2.97. The van der Waals surface area contributed by atoms with Crippen molar-refractivity contribution >= 4 is 5.91 Å². The number of amides is 1. The number of carbonyl (C=O) groups excluding carboxylic acids is 1. The van der Waals surface area contributed by atoms with Gasteiger partial charge in [-0.2, -0.15) is 0 Å². The third-order valence-corrected chi connectivity index (χ3v) is 4.16. The molecule has 0 radical (unpaired) electrons. The summed E-state index contributed by atoms with van der Waals surface area (Å²) >= 11 is 0. The van der Waals surface area contributed by atoms with Crippen LogP contribution in [0.3, 0.4) is 0 Å². The maximum Gasteiger partial charge on any atom is 0.251 e. The highest BCUT2D eigenvalue weighted by atomic mass is 16.5. The van der Waals surface area contributed by atoms with Gasteiger partial charge in [0.15, 0.2) is 0 Å².